The van der Waals surface area contributed by atoms with Crippen LogP contribution >= 0.6 is 11.6 Å². The van der Waals surface area contributed by atoms with E-state index in [-0.39, 0.29) is 10.7 Å². The zero-order valence-corrected chi connectivity index (χ0v) is 10.4. The molecule has 1 aromatic rings. The molecule has 1 aromatic heterocycles. The maximum absolute atomic E-state index is 12.0. The fraction of sp³-hybridized carbons (Fsp3) is 0.444. The molecule has 0 fully saturated rings. The smallest absolute Gasteiger partial charge is 0.383 e. The highest BCUT2D eigenvalue weighted by Gasteiger charge is 2.41. The first-order valence-corrected chi connectivity index (χ1v) is 6.86. The predicted octanol–water partition coefficient (Wildman–Crippen LogP) is 1.57. The van der Waals surface area contributed by atoms with Crippen molar-refractivity contribution in [1.82, 2.24) is 4.98 Å². The summed E-state index contributed by atoms with van der Waals surface area (Å²) in [6.07, 6.45) is -6.66. The van der Waals surface area contributed by atoms with Crippen LogP contribution in [0.1, 0.15) is 5.69 Å². The Bertz CT molecular complexity index is 501. The average molecular weight is 304 g/mol. The number of nitrogens with zero attached hydrogens (tertiary/aromatic N) is 1. The first-order chi connectivity index (χ1) is 8.10. The molecule has 0 aliphatic rings. The molecule has 0 saturated carbocycles. The molecule has 1 N–H and O–H groups in total. The van der Waals surface area contributed by atoms with Gasteiger partial charge in [0.05, 0.1) is 22.2 Å². The van der Waals surface area contributed by atoms with E-state index in [1.54, 1.807) is 0 Å². The molecular weight excluding hydrogens is 295 g/mol. The minimum atomic E-state index is -4.96. The van der Waals surface area contributed by atoms with Gasteiger partial charge in [-0.15, -0.1) is 0 Å². The van der Waals surface area contributed by atoms with Gasteiger partial charge in [-0.1, -0.05) is 11.6 Å². The van der Waals surface area contributed by atoms with E-state index in [2.05, 4.69) is 4.98 Å². The van der Waals surface area contributed by atoms with Crippen LogP contribution in [-0.2, 0) is 15.6 Å². The van der Waals surface area contributed by atoms with Crippen molar-refractivity contribution in [1.29, 1.82) is 0 Å². The normalized spacial score (nSPS) is 14.5. The van der Waals surface area contributed by atoms with Crippen LogP contribution in [0.2, 0.25) is 5.02 Å². The van der Waals surface area contributed by atoms with E-state index in [4.69, 9.17) is 16.7 Å². The van der Waals surface area contributed by atoms with Gasteiger partial charge in [-0.25, -0.2) is 8.42 Å². The Morgan fingerprint density at radius 1 is 1.39 bits per heavy atom. The molecule has 0 spiro atoms. The van der Waals surface area contributed by atoms with Crippen molar-refractivity contribution < 1.29 is 26.7 Å². The van der Waals surface area contributed by atoms with E-state index in [1.165, 1.54) is 18.3 Å². The number of hydrogen-bond donors (Lipinski definition) is 1. The van der Waals surface area contributed by atoms with Gasteiger partial charge >= 0.3 is 6.18 Å². The fourth-order valence-corrected chi connectivity index (χ4v) is 2.63. The first kappa shape index (κ1) is 15.2. The monoisotopic (exact) mass is 303 g/mol. The van der Waals surface area contributed by atoms with Gasteiger partial charge in [-0.05, 0) is 12.1 Å². The molecule has 0 aliphatic carbocycles. The van der Waals surface area contributed by atoms with Crippen LogP contribution in [0.4, 0.5) is 13.2 Å². The van der Waals surface area contributed by atoms with Gasteiger partial charge in [0.15, 0.2) is 15.9 Å². The highest BCUT2D eigenvalue weighted by Crippen LogP contribution is 2.22. The lowest BCUT2D eigenvalue weighted by Gasteiger charge is -2.14. The van der Waals surface area contributed by atoms with E-state index in [9.17, 15) is 21.6 Å². The third-order valence-electron chi connectivity index (χ3n) is 1.95. The summed E-state index contributed by atoms with van der Waals surface area (Å²) in [7, 11) is -4.11. The molecule has 9 heteroatoms. The van der Waals surface area contributed by atoms with Gasteiger partial charge in [0, 0.05) is 6.20 Å². The molecule has 0 saturated heterocycles. The summed E-state index contributed by atoms with van der Waals surface area (Å²) in [5.41, 5.74) is 0.0637. The Hall–Kier alpha value is -0.860. The van der Waals surface area contributed by atoms with E-state index >= 15 is 0 Å². The van der Waals surface area contributed by atoms with E-state index in [0.29, 0.717) is 0 Å². The van der Waals surface area contributed by atoms with Crippen molar-refractivity contribution in [2.45, 2.75) is 18.0 Å². The molecule has 1 unspecified atom stereocenters. The van der Waals surface area contributed by atoms with Gasteiger partial charge in [-0.2, -0.15) is 13.2 Å². The van der Waals surface area contributed by atoms with Crippen molar-refractivity contribution in [3.8, 4) is 0 Å². The first-order valence-electron chi connectivity index (χ1n) is 4.66. The van der Waals surface area contributed by atoms with Gasteiger partial charge < -0.3 is 5.11 Å². The maximum Gasteiger partial charge on any atom is 0.415 e. The number of halogens is 4. The minimum Gasteiger partial charge on any atom is -0.383 e. The third kappa shape index (κ3) is 4.79. The molecule has 0 amide bonds. The van der Waals surface area contributed by atoms with Crippen molar-refractivity contribution in [3.05, 3.63) is 29.0 Å². The quantitative estimate of drug-likeness (QED) is 0.917. The van der Waals surface area contributed by atoms with Crippen LogP contribution in [-0.4, -0.2) is 36.5 Å². The molecular formula is C9H9ClF3NO3S. The Kier molecular flexibility index (Phi) is 4.57. The summed E-state index contributed by atoms with van der Waals surface area (Å²) in [6, 6.07) is 2.67. The molecule has 1 rings (SSSR count). The number of rotatable bonds is 4. The molecule has 1 heterocycles. The lowest BCUT2D eigenvalue weighted by molar-refractivity contribution is -0.196. The van der Waals surface area contributed by atoms with Gasteiger partial charge in [0.25, 0.3) is 0 Å². The number of aliphatic hydroxyl groups is 1. The molecule has 0 aliphatic heterocycles. The number of sulfone groups is 1. The van der Waals surface area contributed by atoms with Crippen molar-refractivity contribution in [3.63, 3.8) is 0 Å². The average Bonchev–Trinajstić information content (AvgIpc) is 2.19. The highest BCUT2D eigenvalue weighted by atomic mass is 35.5. The minimum absolute atomic E-state index is 0.0637. The van der Waals surface area contributed by atoms with Crippen LogP contribution in [0.5, 0.6) is 0 Å². The number of hydrogen-bond acceptors (Lipinski definition) is 4. The second-order valence-corrected chi connectivity index (χ2v) is 6.13. The van der Waals surface area contributed by atoms with Crippen LogP contribution < -0.4 is 0 Å². The maximum atomic E-state index is 12.0. The standard InChI is InChI=1S/C9H9ClF3NO3S/c10-6-1-2-7(14-3-6)4-18(16,17)5-8(15)9(11,12)13/h1-3,8,15H,4-5H2. The van der Waals surface area contributed by atoms with E-state index < -0.39 is 33.6 Å². The Balaban J connectivity index is 2.74. The number of aromatic nitrogens is 1. The second kappa shape index (κ2) is 5.41. The molecule has 0 radical (unpaired) electrons. The summed E-state index contributed by atoms with van der Waals surface area (Å²) in [6.45, 7) is 0. The summed E-state index contributed by atoms with van der Waals surface area (Å²) in [4.78, 5) is 3.66. The number of alkyl halides is 3. The van der Waals surface area contributed by atoms with Gasteiger partial charge in [0.2, 0.25) is 0 Å². The van der Waals surface area contributed by atoms with Crippen molar-refractivity contribution in [2.75, 3.05) is 5.75 Å². The van der Waals surface area contributed by atoms with Crippen molar-refractivity contribution >= 4 is 21.4 Å². The van der Waals surface area contributed by atoms with E-state index in [1.807, 2.05) is 0 Å². The fourth-order valence-electron chi connectivity index (χ4n) is 1.11. The van der Waals surface area contributed by atoms with E-state index in [0.717, 1.165) is 0 Å². The lowest BCUT2D eigenvalue weighted by Crippen LogP contribution is -2.35. The number of pyridine rings is 1. The summed E-state index contributed by atoms with van der Waals surface area (Å²) < 4.78 is 58.9. The Morgan fingerprint density at radius 2 is 2.00 bits per heavy atom. The molecule has 102 valence electrons. The van der Waals surface area contributed by atoms with Crippen LogP contribution in [0.3, 0.4) is 0 Å². The lowest BCUT2D eigenvalue weighted by atomic mass is 10.4. The van der Waals surface area contributed by atoms with Crippen molar-refractivity contribution in [2.24, 2.45) is 0 Å². The zero-order valence-electron chi connectivity index (χ0n) is 8.85. The molecule has 1 atom stereocenters. The Morgan fingerprint density at radius 3 is 2.44 bits per heavy atom. The summed E-state index contributed by atoms with van der Waals surface area (Å²) >= 11 is 5.53. The Labute approximate surface area is 106 Å². The van der Waals surface area contributed by atoms with Gasteiger partial charge in [-0.3, -0.25) is 4.98 Å². The number of aliphatic hydroxyl groups excluding tert-OH is 1. The van der Waals surface area contributed by atoms with Crippen LogP contribution in [0.15, 0.2) is 18.3 Å². The topological polar surface area (TPSA) is 67.3 Å². The second-order valence-electron chi connectivity index (χ2n) is 3.58. The largest absolute Gasteiger partial charge is 0.415 e. The zero-order chi connectivity index (χ0) is 14.0. The van der Waals surface area contributed by atoms with Crippen LogP contribution in [0, 0.1) is 0 Å². The van der Waals surface area contributed by atoms with Crippen LogP contribution in [0.25, 0.3) is 0 Å². The summed E-state index contributed by atoms with van der Waals surface area (Å²) in [5.74, 6) is -2.07. The summed E-state index contributed by atoms with van der Waals surface area (Å²) in [5, 5.41) is 8.98. The van der Waals surface area contributed by atoms with Gasteiger partial charge in [0.1, 0.15) is 0 Å². The molecule has 4 nitrogen and oxygen atoms in total. The molecule has 0 bridgehead atoms. The molecule has 18 heavy (non-hydrogen) atoms. The predicted molar refractivity (Wildman–Crippen MR) is 58.8 cm³/mol. The molecule has 0 aromatic carbocycles. The third-order valence-corrected chi connectivity index (χ3v) is 3.73. The SMILES string of the molecule is O=S(=O)(Cc1ccc(Cl)cn1)CC(O)C(F)(F)F. The highest BCUT2D eigenvalue weighted by molar-refractivity contribution is 7.90.